The molecule has 1 aliphatic rings. The fourth-order valence-corrected chi connectivity index (χ4v) is 2.40. The van der Waals surface area contributed by atoms with Crippen LogP contribution in [0.25, 0.3) is 0 Å². The van der Waals surface area contributed by atoms with Crippen LogP contribution in [0.2, 0.25) is 0 Å². The Bertz CT molecular complexity index is 521. The van der Waals surface area contributed by atoms with E-state index in [1.54, 1.807) is 20.8 Å². The molecule has 0 aliphatic heterocycles. The summed E-state index contributed by atoms with van der Waals surface area (Å²) >= 11 is 0. The minimum atomic E-state index is -0.813. The first-order valence-electron chi connectivity index (χ1n) is 7.05. The molecule has 1 amide bonds. The summed E-state index contributed by atoms with van der Waals surface area (Å²) in [6.07, 6.45) is 0.0532. The molecule has 1 aromatic rings. The molecule has 1 fully saturated rings. The van der Waals surface area contributed by atoms with E-state index in [9.17, 15) is 9.59 Å². The number of amides is 1. The quantitative estimate of drug-likeness (QED) is 0.894. The van der Waals surface area contributed by atoms with E-state index < -0.39 is 23.6 Å². The van der Waals surface area contributed by atoms with E-state index >= 15 is 0 Å². The Labute approximate surface area is 124 Å². The topological polar surface area (TPSA) is 75.6 Å². The SMILES string of the molecule is CC(C)(C)OC(=O)NC(c1ccccc1)[C@@H]1C[C@H]1C(=O)O. The lowest BCUT2D eigenvalue weighted by atomic mass is 10.0. The lowest BCUT2D eigenvalue weighted by Crippen LogP contribution is -2.36. The standard InChI is InChI=1S/C16H21NO4/c1-16(2,3)21-15(20)17-13(10-7-5-4-6-8-10)11-9-12(11)14(18)19/h4-8,11-13H,9H2,1-3H3,(H,17,20)(H,18,19)/t11-,12-,13?/m1/s1. The minimum absolute atomic E-state index is 0.0857. The smallest absolute Gasteiger partial charge is 0.408 e. The molecule has 1 aliphatic carbocycles. The van der Waals surface area contributed by atoms with E-state index in [-0.39, 0.29) is 12.0 Å². The zero-order valence-electron chi connectivity index (χ0n) is 12.5. The second kappa shape index (κ2) is 5.76. The zero-order chi connectivity index (χ0) is 15.6. The van der Waals surface area contributed by atoms with Crippen LogP contribution in [-0.4, -0.2) is 22.8 Å². The van der Waals surface area contributed by atoms with Crippen molar-refractivity contribution in [3.63, 3.8) is 0 Å². The van der Waals surface area contributed by atoms with Crippen molar-refractivity contribution in [1.29, 1.82) is 0 Å². The Balaban J connectivity index is 2.11. The van der Waals surface area contributed by atoms with Gasteiger partial charge in [-0.2, -0.15) is 0 Å². The van der Waals surface area contributed by atoms with Gasteiger partial charge in [-0.05, 0) is 38.7 Å². The highest BCUT2D eigenvalue weighted by Crippen LogP contribution is 2.47. The second-order valence-corrected chi connectivity index (χ2v) is 6.38. The maximum Gasteiger partial charge on any atom is 0.408 e. The van der Waals surface area contributed by atoms with Gasteiger partial charge in [-0.3, -0.25) is 4.79 Å². The van der Waals surface area contributed by atoms with Crippen molar-refractivity contribution in [2.45, 2.75) is 38.8 Å². The average molecular weight is 291 g/mol. The number of carboxylic acid groups (broad SMARTS) is 1. The van der Waals surface area contributed by atoms with Gasteiger partial charge in [-0.25, -0.2) is 4.79 Å². The molecule has 0 heterocycles. The highest BCUT2D eigenvalue weighted by molar-refractivity contribution is 5.74. The first-order chi connectivity index (χ1) is 9.78. The van der Waals surface area contributed by atoms with E-state index in [4.69, 9.17) is 9.84 Å². The third-order valence-corrected chi connectivity index (χ3v) is 3.42. The van der Waals surface area contributed by atoms with Crippen LogP contribution in [-0.2, 0) is 9.53 Å². The molecule has 0 saturated heterocycles. The van der Waals surface area contributed by atoms with Gasteiger partial charge < -0.3 is 15.2 Å². The number of benzene rings is 1. The normalized spacial score (nSPS) is 22.2. The number of rotatable bonds is 4. The Morgan fingerprint density at radius 1 is 1.29 bits per heavy atom. The largest absolute Gasteiger partial charge is 0.481 e. The molecule has 1 saturated carbocycles. The maximum atomic E-state index is 12.0. The van der Waals surface area contributed by atoms with Gasteiger partial charge in [0.2, 0.25) is 0 Å². The van der Waals surface area contributed by atoms with Crippen molar-refractivity contribution >= 4 is 12.1 Å². The van der Waals surface area contributed by atoms with Gasteiger partial charge in [0.15, 0.2) is 0 Å². The van der Waals surface area contributed by atoms with Crippen molar-refractivity contribution in [3.05, 3.63) is 35.9 Å². The third kappa shape index (κ3) is 4.21. The maximum absolute atomic E-state index is 12.0. The van der Waals surface area contributed by atoms with E-state index in [1.165, 1.54) is 0 Å². The summed E-state index contributed by atoms with van der Waals surface area (Å²) in [7, 11) is 0. The van der Waals surface area contributed by atoms with Crippen LogP contribution in [0.1, 0.15) is 38.8 Å². The molecule has 0 spiro atoms. The summed E-state index contributed by atoms with van der Waals surface area (Å²) in [5, 5.41) is 11.9. The molecule has 5 nitrogen and oxygen atoms in total. The summed E-state index contributed by atoms with van der Waals surface area (Å²) < 4.78 is 5.27. The number of alkyl carbamates (subject to hydrolysis) is 1. The van der Waals surface area contributed by atoms with Gasteiger partial charge in [-0.1, -0.05) is 30.3 Å². The molecular weight excluding hydrogens is 270 g/mol. The van der Waals surface area contributed by atoms with Crippen LogP contribution in [0.4, 0.5) is 4.79 Å². The van der Waals surface area contributed by atoms with Gasteiger partial charge in [0, 0.05) is 0 Å². The lowest BCUT2D eigenvalue weighted by molar-refractivity contribution is -0.139. The van der Waals surface area contributed by atoms with Crippen LogP contribution in [0.15, 0.2) is 30.3 Å². The van der Waals surface area contributed by atoms with Gasteiger partial charge in [-0.15, -0.1) is 0 Å². The number of carboxylic acids is 1. The van der Waals surface area contributed by atoms with Gasteiger partial charge in [0.05, 0.1) is 12.0 Å². The van der Waals surface area contributed by atoms with Crippen molar-refractivity contribution < 1.29 is 19.4 Å². The molecule has 2 N–H and O–H groups in total. The van der Waals surface area contributed by atoms with Crippen LogP contribution in [0.3, 0.4) is 0 Å². The summed E-state index contributed by atoms with van der Waals surface area (Å²) in [5.74, 6) is -1.30. The first kappa shape index (κ1) is 15.4. The molecule has 3 atom stereocenters. The van der Waals surface area contributed by atoms with Crippen LogP contribution >= 0.6 is 0 Å². The number of ether oxygens (including phenoxy) is 1. The number of hydrogen-bond donors (Lipinski definition) is 2. The van der Waals surface area contributed by atoms with Gasteiger partial charge in [0.25, 0.3) is 0 Å². The van der Waals surface area contributed by atoms with Crippen molar-refractivity contribution in [3.8, 4) is 0 Å². The molecule has 5 heteroatoms. The van der Waals surface area contributed by atoms with Crippen LogP contribution in [0.5, 0.6) is 0 Å². The highest BCUT2D eigenvalue weighted by atomic mass is 16.6. The zero-order valence-corrected chi connectivity index (χ0v) is 12.5. The third-order valence-electron chi connectivity index (χ3n) is 3.42. The van der Waals surface area contributed by atoms with Crippen molar-refractivity contribution in [2.24, 2.45) is 11.8 Å². The molecule has 2 rings (SSSR count). The van der Waals surface area contributed by atoms with Gasteiger partial charge in [0.1, 0.15) is 5.60 Å². The summed E-state index contributed by atoms with van der Waals surface area (Å²) in [6, 6.07) is 9.07. The highest BCUT2D eigenvalue weighted by Gasteiger charge is 2.49. The number of aliphatic carboxylic acids is 1. The molecule has 0 aromatic heterocycles. The fraction of sp³-hybridized carbons (Fsp3) is 0.500. The minimum Gasteiger partial charge on any atom is -0.481 e. The molecule has 1 unspecified atom stereocenters. The fourth-order valence-electron chi connectivity index (χ4n) is 2.40. The molecular formula is C16H21NO4. The van der Waals surface area contributed by atoms with Crippen molar-refractivity contribution in [2.75, 3.05) is 0 Å². The predicted molar refractivity (Wildman–Crippen MR) is 77.8 cm³/mol. The summed E-state index contributed by atoms with van der Waals surface area (Å²) in [6.45, 7) is 5.38. The molecule has 1 aromatic carbocycles. The number of carbonyl (C=O) groups is 2. The molecule has 0 bridgehead atoms. The lowest BCUT2D eigenvalue weighted by Gasteiger charge is -2.24. The Hall–Kier alpha value is -2.04. The number of nitrogens with one attached hydrogen (secondary N) is 1. The molecule has 114 valence electrons. The summed E-state index contributed by atoms with van der Waals surface area (Å²) in [4.78, 5) is 23.0. The number of hydrogen-bond acceptors (Lipinski definition) is 3. The second-order valence-electron chi connectivity index (χ2n) is 6.38. The monoisotopic (exact) mass is 291 g/mol. The van der Waals surface area contributed by atoms with E-state index in [2.05, 4.69) is 5.32 Å². The van der Waals surface area contributed by atoms with Gasteiger partial charge >= 0.3 is 12.1 Å². The Kier molecular flexibility index (Phi) is 4.21. The Morgan fingerprint density at radius 2 is 1.90 bits per heavy atom. The van der Waals surface area contributed by atoms with E-state index in [0.717, 1.165) is 5.56 Å². The molecule has 21 heavy (non-hydrogen) atoms. The average Bonchev–Trinajstić information content (AvgIpc) is 3.15. The first-order valence-corrected chi connectivity index (χ1v) is 7.05. The van der Waals surface area contributed by atoms with Crippen LogP contribution < -0.4 is 5.32 Å². The molecule has 0 radical (unpaired) electrons. The number of carbonyl (C=O) groups excluding carboxylic acids is 1. The van der Waals surface area contributed by atoms with E-state index in [0.29, 0.717) is 6.42 Å². The Morgan fingerprint density at radius 3 is 2.38 bits per heavy atom. The predicted octanol–water partition coefficient (Wildman–Crippen LogP) is 2.97. The van der Waals surface area contributed by atoms with Crippen molar-refractivity contribution in [1.82, 2.24) is 5.32 Å². The summed E-state index contributed by atoms with van der Waals surface area (Å²) in [5.41, 5.74) is 0.318. The van der Waals surface area contributed by atoms with E-state index in [1.807, 2.05) is 30.3 Å². The van der Waals surface area contributed by atoms with Crippen LogP contribution in [0, 0.1) is 11.8 Å².